The Morgan fingerprint density at radius 2 is 2.14 bits per heavy atom. The number of halogens is 3. The summed E-state index contributed by atoms with van der Waals surface area (Å²) in [5.41, 5.74) is 2.68. The van der Waals surface area contributed by atoms with Gasteiger partial charge in [-0.05, 0) is 38.7 Å². The maximum absolute atomic E-state index is 13.2. The maximum Gasteiger partial charge on any atom is 0.403 e. The molecule has 0 spiro atoms. The normalized spacial score (nSPS) is 25.7. The predicted molar refractivity (Wildman–Crippen MR) is 101 cm³/mol. The third-order valence-electron chi connectivity index (χ3n) is 5.36. The van der Waals surface area contributed by atoms with Crippen molar-refractivity contribution in [2.45, 2.75) is 44.4 Å². The number of nitrogens with zero attached hydrogens (tertiary/aromatic N) is 2. The van der Waals surface area contributed by atoms with E-state index in [4.69, 9.17) is 15.9 Å². The first-order chi connectivity index (χ1) is 13.5. The fourth-order valence-electron chi connectivity index (χ4n) is 3.45. The van der Waals surface area contributed by atoms with Gasteiger partial charge in [-0.15, -0.1) is 0 Å². The van der Waals surface area contributed by atoms with E-state index in [1.807, 2.05) is 6.08 Å². The van der Waals surface area contributed by atoms with Crippen LogP contribution in [0.25, 0.3) is 0 Å². The number of hydrogen-bond acceptors (Lipinski definition) is 4. The summed E-state index contributed by atoms with van der Waals surface area (Å²) in [6, 6.07) is -0.241. The molecule has 3 aliphatic rings. The predicted octanol–water partition coefficient (Wildman–Crippen LogP) is 1.41. The lowest BCUT2D eigenvalue weighted by atomic mass is 9.91. The number of rotatable bonds is 2. The molecule has 29 heavy (non-hydrogen) atoms. The monoisotopic (exact) mass is 411 g/mol. The standard InChI is InChI=1S/C19H24F3N5O2/c1-17(2,26-15(28)18(6-7-18)19(20,21)22)5-3-13-12-11-29-10-9-27(16(23)24)14(12)4-8-25-13/h4,8,12,14H,6-7,9-11H2,1-2H3,(H3,23,24)(H,26,28). The number of nitrogens with two attached hydrogens (primary N) is 1. The Labute approximate surface area is 167 Å². The number of alkyl halides is 3. The van der Waals surface area contributed by atoms with Crippen molar-refractivity contribution in [3.05, 3.63) is 12.3 Å². The van der Waals surface area contributed by atoms with Crippen molar-refractivity contribution < 1.29 is 22.7 Å². The molecule has 0 radical (unpaired) electrons. The summed E-state index contributed by atoms with van der Waals surface area (Å²) in [5.74, 6) is 4.33. The summed E-state index contributed by atoms with van der Waals surface area (Å²) < 4.78 is 45.1. The number of aliphatic imine (C=N–C) groups is 1. The van der Waals surface area contributed by atoms with Crippen molar-refractivity contribution in [1.82, 2.24) is 10.2 Å². The van der Waals surface area contributed by atoms with E-state index in [0.717, 1.165) is 0 Å². The van der Waals surface area contributed by atoms with Gasteiger partial charge in [0.15, 0.2) is 5.96 Å². The van der Waals surface area contributed by atoms with Gasteiger partial charge in [0.1, 0.15) is 5.41 Å². The number of nitrogens with one attached hydrogen (secondary N) is 2. The van der Waals surface area contributed by atoms with Gasteiger partial charge in [0.05, 0.1) is 36.4 Å². The summed E-state index contributed by atoms with van der Waals surface area (Å²) >= 11 is 0. The molecule has 1 aliphatic carbocycles. The van der Waals surface area contributed by atoms with Crippen LogP contribution in [-0.2, 0) is 9.53 Å². The van der Waals surface area contributed by atoms with Gasteiger partial charge >= 0.3 is 6.18 Å². The smallest absolute Gasteiger partial charge is 0.379 e. The minimum Gasteiger partial charge on any atom is -0.379 e. The van der Waals surface area contributed by atoms with Crippen molar-refractivity contribution in [2.24, 2.45) is 22.1 Å². The van der Waals surface area contributed by atoms with E-state index in [1.54, 1.807) is 24.9 Å². The number of fused-ring (bicyclic) bond motifs is 1. The summed E-state index contributed by atoms with van der Waals surface area (Å²) in [6.45, 7) is 4.29. The minimum absolute atomic E-state index is 0.0844. The number of hydrogen-bond donors (Lipinski definition) is 3. The number of carbonyl (C=O) groups is 1. The van der Waals surface area contributed by atoms with Crippen LogP contribution in [-0.4, -0.2) is 60.0 Å². The molecular formula is C19H24F3N5O2. The zero-order chi connectivity index (χ0) is 21.4. The van der Waals surface area contributed by atoms with Gasteiger partial charge in [0.25, 0.3) is 0 Å². The van der Waals surface area contributed by atoms with E-state index in [0.29, 0.717) is 25.5 Å². The Balaban J connectivity index is 1.76. The van der Waals surface area contributed by atoms with Crippen LogP contribution in [0.15, 0.2) is 17.3 Å². The number of guanidine groups is 1. The Kier molecular flexibility index (Phi) is 5.38. The van der Waals surface area contributed by atoms with Crippen molar-refractivity contribution in [3.8, 4) is 11.8 Å². The van der Waals surface area contributed by atoms with E-state index >= 15 is 0 Å². The van der Waals surface area contributed by atoms with Crippen LogP contribution in [0, 0.1) is 28.6 Å². The fourth-order valence-corrected chi connectivity index (χ4v) is 3.45. The first kappa shape index (κ1) is 21.2. The van der Waals surface area contributed by atoms with Gasteiger partial charge in [-0.2, -0.15) is 13.2 Å². The summed E-state index contributed by atoms with van der Waals surface area (Å²) in [6.07, 6.45) is -1.59. The van der Waals surface area contributed by atoms with Gasteiger partial charge in [-0.25, -0.2) is 0 Å². The van der Waals surface area contributed by atoms with Crippen LogP contribution in [0.2, 0.25) is 0 Å². The molecule has 2 fully saturated rings. The molecule has 3 rings (SSSR count). The van der Waals surface area contributed by atoms with Gasteiger partial charge in [0, 0.05) is 12.7 Å². The highest BCUT2D eigenvalue weighted by Crippen LogP contribution is 2.57. The van der Waals surface area contributed by atoms with E-state index in [1.165, 1.54) is 0 Å². The molecule has 2 atom stereocenters. The third kappa shape index (κ3) is 4.24. The Morgan fingerprint density at radius 1 is 1.45 bits per heavy atom. The van der Waals surface area contributed by atoms with Crippen LogP contribution >= 0.6 is 0 Å². The Morgan fingerprint density at radius 3 is 2.72 bits per heavy atom. The molecule has 1 saturated carbocycles. The second-order valence-corrected chi connectivity index (χ2v) is 8.02. The highest BCUT2D eigenvalue weighted by Gasteiger charge is 2.68. The quantitative estimate of drug-likeness (QED) is 0.363. The summed E-state index contributed by atoms with van der Waals surface area (Å²) in [5, 5.41) is 10.2. The molecule has 2 unspecified atom stereocenters. The van der Waals surface area contributed by atoms with E-state index in [2.05, 4.69) is 22.2 Å². The van der Waals surface area contributed by atoms with E-state index < -0.39 is 23.0 Å². The molecule has 0 aromatic heterocycles. The second kappa shape index (κ2) is 7.37. The Hall–Kier alpha value is -2.54. The summed E-state index contributed by atoms with van der Waals surface area (Å²) in [7, 11) is 0. The van der Waals surface area contributed by atoms with Crippen LogP contribution in [0.1, 0.15) is 26.7 Å². The van der Waals surface area contributed by atoms with Crippen molar-refractivity contribution in [3.63, 3.8) is 0 Å². The van der Waals surface area contributed by atoms with Crippen LogP contribution < -0.4 is 11.1 Å². The van der Waals surface area contributed by atoms with Crippen LogP contribution in [0.3, 0.4) is 0 Å². The van der Waals surface area contributed by atoms with Crippen LogP contribution in [0.4, 0.5) is 13.2 Å². The molecule has 1 amide bonds. The minimum atomic E-state index is -4.57. The average molecular weight is 411 g/mol. The van der Waals surface area contributed by atoms with Crippen molar-refractivity contribution in [1.29, 1.82) is 5.41 Å². The highest BCUT2D eigenvalue weighted by molar-refractivity contribution is 6.04. The zero-order valence-electron chi connectivity index (χ0n) is 16.3. The summed E-state index contributed by atoms with van der Waals surface area (Å²) in [4.78, 5) is 18.2. The zero-order valence-corrected chi connectivity index (χ0v) is 16.3. The number of carbonyl (C=O) groups excluding carboxylic acids is 1. The maximum atomic E-state index is 13.2. The second-order valence-electron chi connectivity index (χ2n) is 8.02. The topological polar surface area (TPSA) is 104 Å². The lowest BCUT2D eigenvalue weighted by Crippen LogP contribution is -2.50. The molecular weight excluding hydrogens is 387 g/mol. The molecule has 2 aliphatic heterocycles. The fraction of sp³-hybridized carbons (Fsp3) is 0.632. The Bertz CT molecular complexity index is 818. The molecule has 2 heterocycles. The van der Waals surface area contributed by atoms with E-state index in [-0.39, 0.29) is 30.8 Å². The number of amides is 1. The average Bonchev–Trinajstić information content (AvgIpc) is 3.43. The number of ether oxygens (including phenoxy) is 1. The molecule has 7 nitrogen and oxygen atoms in total. The van der Waals surface area contributed by atoms with Crippen LogP contribution in [0.5, 0.6) is 0 Å². The molecule has 0 aromatic carbocycles. The lowest BCUT2D eigenvalue weighted by molar-refractivity contribution is -0.192. The highest BCUT2D eigenvalue weighted by atomic mass is 19.4. The van der Waals surface area contributed by atoms with Crippen molar-refractivity contribution in [2.75, 3.05) is 19.8 Å². The van der Waals surface area contributed by atoms with Gasteiger partial charge in [0.2, 0.25) is 5.91 Å². The molecule has 4 N–H and O–H groups in total. The largest absolute Gasteiger partial charge is 0.403 e. The molecule has 1 saturated heterocycles. The van der Waals surface area contributed by atoms with Gasteiger partial charge < -0.3 is 20.7 Å². The van der Waals surface area contributed by atoms with Gasteiger partial charge in [-0.3, -0.25) is 15.2 Å². The van der Waals surface area contributed by atoms with Gasteiger partial charge in [-0.1, -0.05) is 5.92 Å². The first-order valence-electron chi connectivity index (χ1n) is 9.32. The van der Waals surface area contributed by atoms with Crippen molar-refractivity contribution >= 4 is 17.6 Å². The SMILES string of the molecule is CC(C)(C#CC1=NC=CC2C1COCCN2C(=N)N)NC(=O)C1(C(F)(F)F)CC1. The van der Waals surface area contributed by atoms with E-state index in [9.17, 15) is 18.0 Å². The first-order valence-corrected chi connectivity index (χ1v) is 9.32. The molecule has 0 aromatic rings. The lowest BCUT2D eigenvalue weighted by Gasteiger charge is -2.33. The molecule has 10 heteroatoms. The third-order valence-corrected chi connectivity index (χ3v) is 5.36. The molecule has 0 bridgehead atoms. The molecule has 158 valence electrons.